The van der Waals surface area contributed by atoms with Gasteiger partial charge < -0.3 is 14.7 Å². The van der Waals surface area contributed by atoms with Gasteiger partial charge in [-0.2, -0.15) is 0 Å². The van der Waals surface area contributed by atoms with Crippen LogP contribution < -0.4 is 5.32 Å². The summed E-state index contributed by atoms with van der Waals surface area (Å²) in [6.45, 7) is 0.688. The minimum atomic E-state index is -0.411. The number of hydrogen-bond donors (Lipinski definition) is 1. The number of carbonyl (C=O) groups is 2. The van der Waals surface area contributed by atoms with Crippen LogP contribution >= 0.6 is 0 Å². The molecule has 1 unspecified atom stereocenters. The normalized spacial score (nSPS) is 23.1. The number of carbonyl (C=O) groups excluding carboxylic acids is 2. The number of nitrogens with zero attached hydrogens (tertiary/aromatic N) is 2. The largest absolute Gasteiger partial charge is 0.360 e. The smallest absolute Gasteiger partial charge is 0.276 e. The molecule has 2 aliphatic rings. The van der Waals surface area contributed by atoms with Gasteiger partial charge in [0.05, 0.1) is 0 Å². The van der Waals surface area contributed by atoms with Crippen molar-refractivity contribution in [2.75, 3.05) is 13.6 Å². The van der Waals surface area contributed by atoms with Crippen molar-refractivity contribution in [1.29, 1.82) is 0 Å². The first-order chi connectivity index (χ1) is 9.66. The van der Waals surface area contributed by atoms with E-state index in [2.05, 4.69) is 10.5 Å². The predicted octanol–water partition coefficient (Wildman–Crippen LogP) is 1.29. The Balaban J connectivity index is 1.72. The SMILES string of the molecule is CN(C(=O)c1cc(C2CC2)on1)C1CCCCNC1=O. The molecule has 0 spiro atoms. The first-order valence-electron chi connectivity index (χ1n) is 7.18. The maximum atomic E-state index is 12.4. The minimum absolute atomic E-state index is 0.0794. The third-order valence-electron chi connectivity index (χ3n) is 4.02. The molecule has 1 aromatic rings. The lowest BCUT2D eigenvalue weighted by atomic mass is 10.1. The number of likely N-dealkylation sites (N-methyl/N-ethyl adjacent to an activating group) is 1. The van der Waals surface area contributed by atoms with Gasteiger partial charge in [0.1, 0.15) is 11.8 Å². The predicted molar refractivity (Wildman–Crippen MR) is 71.2 cm³/mol. The highest BCUT2D eigenvalue weighted by Gasteiger charge is 2.32. The van der Waals surface area contributed by atoms with E-state index in [0.717, 1.165) is 31.4 Å². The van der Waals surface area contributed by atoms with E-state index >= 15 is 0 Å². The molecule has 2 fully saturated rings. The number of nitrogens with one attached hydrogen (secondary N) is 1. The zero-order chi connectivity index (χ0) is 14.1. The van der Waals surface area contributed by atoms with Crippen LogP contribution in [-0.4, -0.2) is 41.5 Å². The van der Waals surface area contributed by atoms with E-state index in [0.29, 0.717) is 24.6 Å². The number of aromatic nitrogens is 1. The second-order valence-corrected chi connectivity index (χ2v) is 5.61. The van der Waals surface area contributed by atoms with Gasteiger partial charge in [0.2, 0.25) is 5.91 Å². The highest BCUT2D eigenvalue weighted by atomic mass is 16.5. The zero-order valence-corrected chi connectivity index (χ0v) is 11.6. The molecule has 20 heavy (non-hydrogen) atoms. The van der Waals surface area contributed by atoms with Gasteiger partial charge in [-0.1, -0.05) is 5.16 Å². The molecular weight excluding hydrogens is 258 g/mol. The Morgan fingerprint density at radius 3 is 2.95 bits per heavy atom. The molecule has 2 heterocycles. The molecule has 3 rings (SSSR count). The zero-order valence-electron chi connectivity index (χ0n) is 11.6. The van der Waals surface area contributed by atoms with Crippen molar-refractivity contribution < 1.29 is 14.1 Å². The van der Waals surface area contributed by atoms with Crippen LogP contribution in [-0.2, 0) is 4.79 Å². The van der Waals surface area contributed by atoms with Crippen LogP contribution in [0.5, 0.6) is 0 Å². The van der Waals surface area contributed by atoms with Crippen LogP contribution in [0.15, 0.2) is 10.6 Å². The monoisotopic (exact) mass is 277 g/mol. The molecule has 0 radical (unpaired) electrons. The number of rotatable bonds is 3. The Labute approximate surface area is 117 Å². The van der Waals surface area contributed by atoms with E-state index in [1.807, 2.05) is 0 Å². The van der Waals surface area contributed by atoms with Crippen LogP contribution in [0.25, 0.3) is 0 Å². The molecule has 6 nitrogen and oxygen atoms in total. The van der Waals surface area contributed by atoms with Gasteiger partial charge in [-0.15, -0.1) is 0 Å². The van der Waals surface area contributed by atoms with Crippen molar-refractivity contribution in [3.63, 3.8) is 0 Å². The van der Waals surface area contributed by atoms with E-state index in [1.165, 1.54) is 4.90 Å². The van der Waals surface area contributed by atoms with Crippen molar-refractivity contribution >= 4 is 11.8 Å². The maximum absolute atomic E-state index is 12.4. The fourth-order valence-corrected chi connectivity index (χ4v) is 2.57. The Kier molecular flexibility index (Phi) is 3.46. The van der Waals surface area contributed by atoms with Gasteiger partial charge in [-0.3, -0.25) is 9.59 Å². The molecule has 1 saturated carbocycles. The first-order valence-corrected chi connectivity index (χ1v) is 7.18. The molecule has 108 valence electrons. The van der Waals surface area contributed by atoms with Crippen LogP contribution in [0.3, 0.4) is 0 Å². The Morgan fingerprint density at radius 2 is 2.20 bits per heavy atom. The summed E-state index contributed by atoms with van der Waals surface area (Å²) in [4.78, 5) is 25.8. The van der Waals surface area contributed by atoms with Crippen molar-refractivity contribution in [2.24, 2.45) is 0 Å². The van der Waals surface area contributed by atoms with E-state index < -0.39 is 6.04 Å². The molecule has 0 aromatic carbocycles. The summed E-state index contributed by atoms with van der Waals surface area (Å²) in [7, 11) is 1.66. The summed E-state index contributed by atoms with van der Waals surface area (Å²) < 4.78 is 5.20. The van der Waals surface area contributed by atoms with E-state index in [9.17, 15) is 9.59 Å². The molecule has 1 aromatic heterocycles. The van der Waals surface area contributed by atoms with Gasteiger partial charge in [-0.05, 0) is 32.1 Å². The topological polar surface area (TPSA) is 75.4 Å². The Hall–Kier alpha value is -1.85. The average molecular weight is 277 g/mol. The first kappa shape index (κ1) is 13.1. The quantitative estimate of drug-likeness (QED) is 0.903. The number of hydrogen-bond acceptors (Lipinski definition) is 4. The third-order valence-corrected chi connectivity index (χ3v) is 4.02. The molecule has 1 aliphatic carbocycles. The second kappa shape index (κ2) is 5.26. The molecule has 1 aliphatic heterocycles. The fraction of sp³-hybridized carbons (Fsp3) is 0.643. The highest BCUT2D eigenvalue weighted by molar-refractivity contribution is 5.96. The molecule has 0 bridgehead atoms. The molecule has 1 N–H and O–H groups in total. The van der Waals surface area contributed by atoms with Crippen LogP contribution in [0.1, 0.15) is 54.3 Å². The molecule has 1 saturated heterocycles. The molecule has 1 atom stereocenters. The fourth-order valence-electron chi connectivity index (χ4n) is 2.57. The van der Waals surface area contributed by atoms with Crippen LogP contribution in [0.4, 0.5) is 0 Å². The average Bonchev–Trinajstić information content (AvgIpc) is 3.22. The van der Waals surface area contributed by atoms with Gasteiger partial charge in [0.15, 0.2) is 5.69 Å². The summed E-state index contributed by atoms with van der Waals surface area (Å²) in [6, 6.07) is 1.30. The van der Waals surface area contributed by atoms with E-state index in [-0.39, 0.29) is 11.8 Å². The van der Waals surface area contributed by atoms with Crippen molar-refractivity contribution in [2.45, 2.75) is 44.1 Å². The molecule has 2 amide bonds. The summed E-state index contributed by atoms with van der Waals surface area (Å²) in [5.41, 5.74) is 0.298. The minimum Gasteiger partial charge on any atom is -0.360 e. The molecular formula is C14H19N3O3. The lowest BCUT2D eigenvalue weighted by Gasteiger charge is -2.24. The van der Waals surface area contributed by atoms with Crippen molar-refractivity contribution in [3.8, 4) is 0 Å². The maximum Gasteiger partial charge on any atom is 0.276 e. The summed E-state index contributed by atoms with van der Waals surface area (Å²) in [5.74, 6) is 0.884. The standard InChI is InChI=1S/C14H19N3O3/c1-17(11-4-2-3-7-15-13(11)18)14(19)10-8-12(20-16-10)9-5-6-9/h8-9,11H,2-7H2,1H3,(H,15,18). The summed E-state index contributed by atoms with van der Waals surface area (Å²) >= 11 is 0. The second-order valence-electron chi connectivity index (χ2n) is 5.61. The van der Waals surface area contributed by atoms with Gasteiger partial charge in [0.25, 0.3) is 5.91 Å². The van der Waals surface area contributed by atoms with Gasteiger partial charge in [-0.25, -0.2) is 0 Å². The lowest BCUT2D eigenvalue weighted by molar-refractivity contribution is -0.125. The summed E-state index contributed by atoms with van der Waals surface area (Å²) in [6.07, 6.45) is 4.79. The number of amides is 2. The Bertz CT molecular complexity index is 521. The van der Waals surface area contributed by atoms with Gasteiger partial charge >= 0.3 is 0 Å². The molecule has 6 heteroatoms. The van der Waals surface area contributed by atoms with E-state index in [1.54, 1.807) is 13.1 Å². The van der Waals surface area contributed by atoms with Gasteiger partial charge in [0, 0.05) is 25.6 Å². The summed E-state index contributed by atoms with van der Waals surface area (Å²) in [5, 5.41) is 6.68. The van der Waals surface area contributed by atoms with Crippen molar-refractivity contribution in [1.82, 2.24) is 15.4 Å². The van der Waals surface area contributed by atoms with Crippen molar-refractivity contribution in [3.05, 3.63) is 17.5 Å². The third kappa shape index (κ3) is 2.55. The van der Waals surface area contributed by atoms with E-state index in [4.69, 9.17) is 4.52 Å². The lowest BCUT2D eigenvalue weighted by Crippen LogP contribution is -2.46. The van der Waals surface area contributed by atoms with Crippen LogP contribution in [0.2, 0.25) is 0 Å². The Morgan fingerprint density at radius 1 is 1.40 bits per heavy atom. The van der Waals surface area contributed by atoms with Crippen LogP contribution in [0, 0.1) is 0 Å². The highest BCUT2D eigenvalue weighted by Crippen LogP contribution is 2.40.